The Hall–Kier alpha value is -3.42. The predicted octanol–water partition coefficient (Wildman–Crippen LogP) is 2.61. The van der Waals surface area contributed by atoms with Gasteiger partial charge in [-0.05, 0) is 6.07 Å². The van der Waals surface area contributed by atoms with Gasteiger partial charge >= 0.3 is 5.97 Å². The molecule has 1 aromatic carbocycles. The van der Waals surface area contributed by atoms with E-state index < -0.39 is 24.0 Å². The fourth-order valence-corrected chi connectivity index (χ4v) is 2.44. The molecule has 0 aliphatic carbocycles. The molecule has 0 bridgehead atoms. The molecule has 2 heterocycles. The Labute approximate surface area is 154 Å². The van der Waals surface area contributed by atoms with Crippen LogP contribution in [0.15, 0.2) is 45.7 Å². The summed E-state index contributed by atoms with van der Waals surface area (Å²) in [6.45, 7) is 5.36. The average Bonchev–Trinajstić information content (AvgIpc) is 3.07. The van der Waals surface area contributed by atoms with Crippen LogP contribution in [0, 0.1) is 0 Å². The Morgan fingerprint density at radius 1 is 1.22 bits per heavy atom. The van der Waals surface area contributed by atoms with Crippen LogP contribution in [0.2, 0.25) is 0 Å². The predicted molar refractivity (Wildman–Crippen MR) is 98.7 cm³/mol. The number of aromatic nitrogens is 2. The number of nitrogens with zero attached hydrogens (tertiary/aromatic N) is 1. The summed E-state index contributed by atoms with van der Waals surface area (Å²) < 4.78 is 10.1. The van der Waals surface area contributed by atoms with Crippen molar-refractivity contribution < 1.29 is 18.8 Å². The van der Waals surface area contributed by atoms with Crippen LogP contribution < -0.4 is 10.9 Å². The van der Waals surface area contributed by atoms with Crippen molar-refractivity contribution in [1.82, 2.24) is 10.1 Å². The standard InChI is InChI=1S/C19H19N3O5/c1-19(2,3)14-9-17(27-22-14)21-16(24)10-26-18(25)12-8-15(23)20-13-7-5-4-6-11(12)13/h4-9H,10H2,1-3H3,(H,20,23)(H,21,24). The number of hydrogen-bond donors (Lipinski definition) is 2. The molecule has 27 heavy (non-hydrogen) atoms. The molecule has 0 spiro atoms. The summed E-state index contributed by atoms with van der Waals surface area (Å²) in [5, 5.41) is 6.90. The Balaban J connectivity index is 1.67. The molecular formula is C19H19N3O5. The normalized spacial score (nSPS) is 11.4. The largest absolute Gasteiger partial charge is 0.452 e. The molecule has 1 amide bonds. The molecule has 3 rings (SSSR count). The number of aromatic amines is 1. The van der Waals surface area contributed by atoms with Crippen molar-refractivity contribution in [3.05, 3.63) is 58.0 Å². The van der Waals surface area contributed by atoms with Crippen molar-refractivity contribution in [1.29, 1.82) is 0 Å². The summed E-state index contributed by atoms with van der Waals surface area (Å²) in [4.78, 5) is 38.7. The van der Waals surface area contributed by atoms with E-state index in [0.29, 0.717) is 16.6 Å². The molecule has 0 aliphatic heterocycles. The Bertz CT molecular complexity index is 1060. The molecule has 2 aromatic heterocycles. The van der Waals surface area contributed by atoms with Crippen molar-refractivity contribution >= 4 is 28.7 Å². The summed E-state index contributed by atoms with van der Waals surface area (Å²) >= 11 is 0. The smallest absolute Gasteiger partial charge is 0.339 e. The fraction of sp³-hybridized carbons (Fsp3) is 0.263. The van der Waals surface area contributed by atoms with Gasteiger partial charge in [-0.15, -0.1) is 0 Å². The van der Waals surface area contributed by atoms with Crippen LogP contribution in [0.3, 0.4) is 0 Å². The molecule has 140 valence electrons. The summed E-state index contributed by atoms with van der Waals surface area (Å²) in [7, 11) is 0. The molecule has 0 fully saturated rings. The number of esters is 1. The molecule has 0 atom stereocenters. The van der Waals surface area contributed by atoms with E-state index in [1.54, 1.807) is 30.3 Å². The van der Waals surface area contributed by atoms with Crippen LogP contribution in [0.5, 0.6) is 0 Å². The number of H-pyrrole nitrogens is 1. The SMILES string of the molecule is CC(C)(C)c1cc(NC(=O)COC(=O)c2cc(=O)[nH]c3ccccc23)on1. The number of anilines is 1. The van der Waals surface area contributed by atoms with Gasteiger partial charge in [0.25, 0.3) is 5.91 Å². The zero-order valence-corrected chi connectivity index (χ0v) is 15.2. The van der Waals surface area contributed by atoms with Gasteiger partial charge in [0, 0.05) is 28.5 Å². The van der Waals surface area contributed by atoms with Gasteiger partial charge in [0.05, 0.1) is 11.3 Å². The number of ether oxygens (including phenoxy) is 1. The van der Waals surface area contributed by atoms with E-state index in [0.717, 1.165) is 6.07 Å². The van der Waals surface area contributed by atoms with Gasteiger partial charge in [-0.3, -0.25) is 14.9 Å². The van der Waals surface area contributed by atoms with Gasteiger partial charge in [-0.25, -0.2) is 4.79 Å². The lowest BCUT2D eigenvalue weighted by Crippen LogP contribution is -2.21. The third-order valence-electron chi connectivity index (χ3n) is 3.85. The van der Waals surface area contributed by atoms with Crippen molar-refractivity contribution in [2.75, 3.05) is 11.9 Å². The second-order valence-electron chi connectivity index (χ2n) is 7.04. The van der Waals surface area contributed by atoms with E-state index in [2.05, 4.69) is 15.5 Å². The highest BCUT2D eigenvalue weighted by Crippen LogP contribution is 2.23. The first-order chi connectivity index (χ1) is 12.7. The first-order valence-corrected chi connectivity index (χ1v) is 8.30. The summed E-state index contributed by atoms with van der Waals surface area (Å²) in [5.74, 6) is -1.17. The number of para-hydroxylation sites is 1. The van der Waals surface area contributed by atoms with Crippen molar-refractivity contribution in [2.45, 2.75) is 26.2 Å². The maximum absolute atomic E-state index is 12.3. The van der Waals surface area contributed by atoms with E-state index >= 15 is 0 Å². The zero-order valence-electron chi connectivity index (χ0n) is 15.2. The van der Waals surface area contributed by atoms with Gasteiger partial charge in [-0.1, -0.05) is 44.1 Å². The molecule has 0 saturated carbocycles. The monoisotopic (exact) mass is 369 g/mol. The highest BCUT2D eigenvalue weighted by Gasteiger charge is 2.20. The molecule has 0 radical (unpaired) electrons. The third-order valence-corrected chi connectivity index (χ3v) is 3.85. The van der Waals surface area contributed by atoms with Gasteiger partial charge in [0.1, 0.15) is 0 Å². The number of pyridine rings is 1. The first-order valence-electron chi connectivity index (χ1n) is 8.30. The van der Waals surface area contributed by atoms with E-state index in [1.165, 1.54) is 0 Å². The second-order valence-corrected chi connectivity index (χ2v) is 7.04. The topological polar surface area (TPSA) is 114 Å². The van der Waals surface area contributed by atoms with E-state index in [9.17, 15) is 14.4 Å². The quantitative estimate of drug-likeness (QED) is 0.683. The molecule has 2 N–H and O–H groups in total. The number of benzene rings is 1. The molecule has 8 heteroatoms. The van der Waals surface area contributed by atoms with E-state index in [-0.39, 0.29) is 16.9 Å². The number of carbonyl (C=O) groups excluding carboxylic acids is 2. The van der Waals surface area contributed by atoms with Crippen LogP contribution in [0.4, 0.5) is 5.88 Å². The van der Waals surface area contributed by atoms with Crippen molar-refractivity contribution in [2.24, 2.45) is 0 Å². The van der Waals surface area contributed by atoms with Crippen LogP contribution in [-0.2, 0) is 14.9 Å². The molecule has 8 nitrogen and oxygen atoms in total. The maximum atomic E-state index is 12.3. The van der Waals surface area contributed by atoms with Gasteiger partial charge < -0.3 is 14.2 Å². The van der Waals surface area contributed by atoms with E-state index in [4.69, 9.17) is 9.26 Å². The molecule has 0 saturated heterocycles. The number of nitrogens with one attached hydrogen (secondary N) is 2. The lowest BCUT2D eigenvalue weighted by atomic mass is 9.92. The highest BCUT2D eigenvalue weighted by molar-refractivity contribution is 6.04. The average molecular weight is 369 g/mol. The third kappa shape index (κ3) is 4.22. The Morgan fingerprint density at radius 3 is 2.67 bits per heavy atom. The highest BCUT2D eigenvalue weighted by atomic mass is 16.5. The van der Waals surface area contributed by atoms with Gasteiger partial charge in [0.15, 0.2) is 6.61 Å². The van der Waals surface area contributed by atoms with Crippen molar-refractivity contribution in [3.8, 4) is 0 Å². The van der Waals surface area contributed by atoms with Crippen LogP contribution in [-0.4, -0.2) is 28.6 Å². The van der Waals surface area contributed by atoms with E-state index in [1.807, 2.05) is 20.8 Å². The lowest BCUT2D eigenvalue weighted by Gasteiger charge is -2.12. The molecule has 3 aromatic rings. The molecule has 0 aliphatic rings. The van der Waals surface area contributed by atoms with Crippen molar-refractivity contribution in [3.63, 3.8) is 0 Å². The Kier molecular flexibility index (Phi) is 4.81. The number of fused-ring (bicyclic) bond motifs is 1. The van der Waals surface area contributed by atoms with Crippen LogP contribution in [0.1, 0.15) is 36.8 Å². The summed E-state index contributed by atoms with van der Waals surface area (Å²) in [6.07, 6.45) is 0. The molecular weight excluding hydrogens is 350 g/mol. The summed E-state index contributed by atoms with van der Waals surface area (Å²) in [6, 6.07) is 9.60. The summed E-state index contributed by atoms with van der Waals surface area (Å²) in [5.41, 5.74) is 0.640. The number of amides is 1. The van der Waals surface area contributed by atoms with Crippen LogP contribution in [0.25, 0.3) is 10.9 Å². The minimum atomic E-state index is -0.764. The van der Waals surface area contributed by atoms with Gasteiger partial charge in [-0.2, -0.15) is 0 Å². The fourth-order valence-electron chi connectivity index (χ4n) is 2.44. The second kappa shape index (κ2) is 7.06. The molecule has 0 unspecified atom stereocenters. The number of rotatable bonds is 4. The lowest BCUT2D eigenvalue weighted by molar-refractivity contribution is -0.119. The number of hydrogen-bond acceptors (Lipinski definition) is 6. The number of carbonyl (C=O) groups is 2. The minimum absolute atomic E-state index is 0.0943. The minimum Gasteiger partial charge on any atom is -0.452 e. The van der Waals surface area contributed by atoms with Crippen LogP contribution >= 0.6 is 0 Å². The zero-order chi connectivity index (χ0) is 19.6. The first kappa shape index (κ1) is 18.4. The Morgan fingerprint density at radius 2 is 1.96 bits per heavy atom. The maximum Gasteiger partial charge on any atom is 0.339 e. The van der Waals surface area contributed by atoms with Gasteiger partial charge in [0.2, 0.25) is 11.4 Å².